The molecule has 168 valence electrons. The van der Waals surface area contributed by atoms with Gasteiger partial charge in [-0.2, -0.15) is 0 Å². The number of aromatic nitrogens is 1. The first-order valence-electron chi connectivity index (χ1n) is 9.64. The predicted molar refractivity (Wildman–Crippen MR) is 126 cm³/mol. The van der Waals surface area contributed by atoms with Crippen LogP contribution in [0.2, 0.25) is 0 Å². The Morgan fingerprint density at radius 2 is 1.76 bits per heavy atom. The van der Waals surface area contributed by atoms with E-state index in [9.17, 15) is 17.6 Å². The standard InChI is InChI=1S/C23H18FN3O4S2/c1-31-21-12-9-16(13-19(21)24)20-14-32-23(25-20)26-22(28)15-7-10-17(11-8-15)27-33(29,30)18-5-3-2-4-6-18/h2-14,27H,1H3,(H,25,26,28). The van der Waals surface area contributed by atoms with Gasteiger partial charge in [0.2, 0.25) is 0 Å². The van der Waals surface area contributed by atoms with Crippen molar-refractivity contribution in [3.63, 3.8) is 0 Å². The minimum atomic E-state index is -3.72. The lowest BCUT2D eigenvalue weighted by Crippen LogP contribution is -2.14. The first-order valence-corrected chi connectivity index (χ1v) is 12.0. The molecule has 0 aliphatic carbocycles. The van der Waals surface area contributed by atoms with Crippen molar-refractivity contribution >= 4 is 38.1 Å². The molecule has 0 fully saturated rings. The van der Waals surface area contributed by atoms with E-state index in [0.29, 0.717) is 27.6 Å². The predicted octanol–water partition coefficient (Wildman–Crippen LogP) is 5.01. The van der Waals surface area contributed by atoms with Crippen LogP contribution in [0.4, 0.5) is 15.2 Å². The van der Waals surface area contributed by atoms with E-state index in [1.165, 1.54) is 67.0 Å². The number of carbonyl (C=O) groups is 1. The zero-order chi connectivity index (χ0) is 23.4. The van der Waals surface area contributed by atoms with Crippen LogP contribution in [-0.2, 0) is 10.0 Å². The van der Waals surface area contributed by atoms with Crippen LogP contribution >= 0.6 is 11.3 Å². The number of rotatable bonds is 7. The highest BCUT2D eigenvalue weighted by Crippen LogP contribution is 2.28. The average molecular weight is 484 g/mol. The van der Waals surface area contributed by atoms with Gasteiger partial charge in [0.25, 0.3) is 15.9 Å². The minimum absolute atomic E-state index is 0.136. The van der Waals surface area contributed by atoms with Crippen LogP contribution in [-0.4, -0.2) is 26.4 Å². The van der Waals surface area contributed by atoms with Crippen molar-refractivity contribution in [1.29, 1.82) is 0 Å². The fourth-order valence-corrected chi connectivity index (χ4v) is 4.76. The summed E-state index contributed by atoms with van der Waals surface area (Å²) in [5.74, 6) is -0.775. The van der Waals surface area contributed by atoms with Crippen molar-refractivity contribution in [2.24, 2.45) is 0 Å². The van der Waals surface area contributed by atoms with Gasteiger partial charge in [0.05, 0.1) is 17.7 Å². The molecule has 0 spiro atoms. The molecular weight excluding hydrogens is 465 g/mol. The summed E-state index contributed by atoms with van der Waals surface area (Å²) in [5.41, 5.74) is 1.72. The summed E-state index contributed by atoms with van der Waals surface area (Å²) in [6, 6.07) is 18.5. The summed E-state index contributed by atoms with van der Waals surface area (Å²) in [6.07, 6.45) is 0. The molecule has 0 aliphatic rings. The fourth-order valence-electron chi connectivity index (χ4n) is 2.96. The van der Waals surface area contributed by atoms with Gasteiger partial charge in [-0.1, -0.05) is 18.2 Å². The van der Waals surface area contributed by atoms with E-state index in [4.69, 9.17) is 4.74 Å². The van der Waals surface area contributed by atoms with E-state index < -0.39 is 21.7 Å². The van der Waals surface area contributed by atoms with Gasteiger partial charge in [-0.05, 0) is 54.6 Å². The molecule has 1 heterocycles. The van der Waals surface area contributed by atoms with Crippen LogP contribution in [0.1, 0.15) is 10.4 Å². The van der Waals surface area contributed by atoms with Gasteiger partial charge in [-0.15, -0.1) is 11.3 Å². The maximum Gasteiger partial charge on any atom is 0.261 e. The summed E-state index contributed by atoms with van der Waals surface area (Å²) in [4.78, 5) is 17.0. The maximum absolute atomic E-state index is 13.9. The number of anilines is 2. The zero-order valence-electron chi connectivity index (χ0n) is 17.3. The van der Waals surface area contributed by atoms with Gasteiger partial charge in [0.15, 0.2) is 16.7 Å². The van der Waals surface area contributed by atoms with Crippen LogP contribution in [0.3, 0.4) is 0 Å². The van der Waals surface area contributed by atoms with Crippen LogP contribution in [0.25, 0.3) is 11.3 Å². The van der Waals surface area contributed by atoms with Crippen molar-refractivity contribution < 1.29 is 22.3 Å². The monoisotopic (exact) mass is 483 g/mol. The van der Waals surface area contributed by atoms with Crippen LogP contribution in [0.5, 0.6) is 5.75 Å². The summed E-state index contributed by atoms with van der Waals surface area (Å²) in [7, 11) is -2.33. The Balaban J connectivity index is 1.43. The van der Waals surface area contributed by atoms with Crippen molar-refractivity contribution in [3.05, 3.63) is 89.6 Å². The Bertz CT molecular complexity index is 1390. The molecular formula is C23H18FN3O4S2. The van der Waals surface area contributed by atoms with Crippen molar-refractivity contribution in [1.82, 2.24) is 4.98 Å². The van der Waals surface area contributed by atoms with Gasteiger partial charge in [-0.3, -0.25) is 14.8 Å². The molecule has 7 nitrogen and oxygen atoms in total. The third-order valence-electron chi connectivity index (χ3n) is 4.63. The third kappa shape index (κ3) is 5.18. The number of nitrogens with zero attached hydrogens (tertiary/aromatic N) is 1. The van der Waals surface area contributed by atoms with E-state index in [1.807, 2.05) is 0 Å². The first-order chi connectivity index (χ1) is 15.9. The number of nitrogens with one attached hydrogen (secondary N) is 2. The molecule has 1 aromatic heterocycles. The molecule has 1 amide bonds. The lowest BCUT2D eigenvalue weighted by atomic mass is 10.1. The van der Waals surface area contributed by atoms with Crippen molar-refractivity contribution in [2.75, 3.05) is 17.1 Å². The highest BCUT2D eigenvalue weighted by atomic mass is 32.2. The van der Waals surface area contributed by atoms with E-state index in [1.54, 1.807) is 29.6 Å². The second kappa shape index (κ2) is 9.39. The van der Waals surface area contributed by atoms with Crippen molar-refractivity contribution in [3.8, 4) is 17.0 Å². The zero-order valence-corrected chi connectivity index (χ0v) is 18.9. The number of carbonyl (C=O) groups excluding carboxylic acids is 1. The second-order valence-electron chi connectivity index (χ2n) is 6.84. The summed E-state index contributed by atoms with van der Waals surface area (Å²) >= 11 is 1.20. The van der Waals surface area contributed by atoms with Crippen molar-refractivity contribution in [2.45, 2.75) is 4.90 Å². The quantitative estimate of drug-likeness (QED) is 0.385. The van der Waals surface area contributed by atoms with Gasteiger partial charge in [0.1, 0.15) is 0 Å². The lowest BCUT2D eigenvalue weighted by molar-refractivity contribution is 0.102. The molecule has 33 heavy (non-hydrogen) atoms. The summed E-state index contributed by atoms with van der Waals surface area (Å²) in [6.45, 7) is 0. The number of hydrogen-bond acceptors (Lipinski definition) is 6. The first kappa shape index (κ1) is 22.4. The highest BCUT2D eigenvalue weighted by molar-refractivity contribution is 7.92. The number of ether oxygens (including phenoxy) is 1. The van der Waals surface area contributed by atoms with Crippen LogP contribution in [0.15, 0.2) is 83.1 Å². The van der Waals surface area contributed by atoms with E-state index in [-0.39, 0.29) is 10.6 Å². The molecule has 3 aromatic carbocycles. The smallest absolute Gasteiger partial charge is 0.261 e. The second-order valence-corrected chi connectivity index (χ2v) is 9.38. The minimum Gasteiger partial charge on any atom is -0.494 e. The van der Waals surface area contributed by atoms with Crippen LogP contribution in [0, 0.1) is 5.82 Å². The number of halogens is 1. The highest BCUT2D eigenvalue weighted by Gasteiger charge is 2.15. The number of thiazole rings is 1. The molecule has 2 N–H and O–H groups in total. The Morgan fingerprint density at radius 1 is 1.03 bits per heavy atom. The SMILES string of the molecule is COc1ccc(-c2csc(NC(=O)c3ccc(NS(=O)(=O)c4ccccc4)cc3)n2)cc1F. The molecule has 0 radical (unpaired) electrons. The molecule has 0 bridgehead atoms. The van der Waals surface area contributed by atoms with Gasteiger partial charge in [0, 0.05) is 22.2 Å². The Hall–Kier alpha value is -3.76. The number of hydrogen-bond donors (Lipinski definition) is 2. The fraction of sp³-hybridized carbons (Fsp3) is 0.0435. The van der Waals surface area contributed by atoms with E-state index in [2.05, 4.69) is 15.0 Å². The van der Waals surface area contributed by atoms with Gasteiger partial charge in [-0.25, -0.2) is 17.8 Å². The third-order valence-corrected chi connectivity index (χ3v) is 6.78. The van der Waals surface area contributed by atoms with E-state index in [0.717, 1.165) is 0 Å². The lowest BCUT2D eigenvalue weighted by Gasteiger charge is -2.08. The molecule has 4 rings (SSSR count). The van der Waals surface area contributed by atoms with Gasteiger partial charge >= 0.3 is 0 Å². The summed E-state index contributed by atoms with van der Waals surface area (Å²) in [5, 5.41) is 4.74. The Labute approximate surface area is 193 Å². The molecule has 0 saturated carbocycles. The topological polar surface area (TPSA) is 97.4 Å². The largest absolute Gasteiger partial charge is 0.494 e. The number of amides is 1. The Morgan fingerprint density at radius 3 is 2.42 bits per heavy atom. The van der Waals surface area contributed by atoms with Crippen LogP contribution < -0.4 is 14.8 Å². The summed E-state index contributed by atoms with van der Waals surface area (Å²) < 4.78 is 46.2. The molecule has 0 unspecified atom stereocenters. The number of sulfonamides is 1. The maximum atomic E-state index is 13.9. The number of methoxy groups -OCH3 is 1. The average Bonchev–Trinajstić information content (AvgIpc) is 3.28. The number of benzene rings is 3. The van der Waals surface area contributed by atoms with E-state index >= 15 is 0 Å². The molecule has 0 saturated heterocycles. The Kier molecular flexibility index (Phi) is 6.38. The molecule has 4 aromatic rings. The van der Waals surface area contributed by atoms with Gasteiger partial charge < -0.3 is 4.74 Å². The molecule has 0 atom stereocenters. The normalized spacial score (nSPS) is 11.1. The molecule has 10 heteroatoms. The molecule has 0 aliphatic heterocycles.